The van der Waals surface area contributed by atoms with Crippen LogP contribution >= 0.6 is 0 Å². The molecular weight excluding hydrogens is 120 g/mol. The summed E-state index contributed by atoms with van der Waals surface area (Å²) >= 11 is 0. The maximum atomic E-state index is 9.07. The van der Waals surface area contributed by atoms with Gasteiger partial charge in [0.2, 0.25) is 0 Å². The Morgan fingerprint density at radius 1 is 1.67 bits per heavy atom. The van der Waals surface area contributed by atoms with Crippen molar-refractivity contribution in [2.45, 2.75) is 31.7 Å². The summed E-state index contributed by atoms with van der Waals surface area (Å²) in [6.45, 7) is 2.19. The van der Waals surface area contributed by atoms with Gasteiger partial charge in [0, 0.05) is 6.61 Å². The molecule has 0 aromatic heterocycles. The van der Waals surface area contributed by atoms with Crippen molar-refractivity contribution in [1.82, 2.24) is 0 Å². The third kappa shape index (κ3) is 1.41. The lowest BCUT2D eigenvalue weighted by Crippen LogP contribution is -2.31. The molecular formula is C6H12O3. The molecule has 0 amide bonds. The van der Waals surface area contributed by atoms with Gasteiger partial charge in [-0.3, -0.25) is 0 Å². The zero-order valence-electron chi connectivity index (χ0n) is 5.45. The maximum absolute atomic E-state index is 9.07. The largest absolute Gasteiger partial charge is 0.391 e. The Morgan fingerprint density at radius 3 is 2.56 bits per heavy atom. The van der Waals surface area contributed by atoms with Crippen molar-refractivity contribution < 1.29 is 14.9 Å². The van der Waals surface area contributed by atoms with Crippen LogP contribution in [0.3, 0.4) is 0 Å². The smallest absolute Gasteiger partial charge is 0.109 e. The molecule has 0 saturated carbocycles. The van der Waals surface area contributed by atoms with Gasteiger partial charge in [-0.2, -0.15) is 0 Å². The highest BCUT2D eigenvalue weighted by atomic mass is 16.5. The number of hydrogen-bond acceptors (Lipinski definition) is 3. The van der Waals surface area contributed by atoms with Gasteiger partial charge in [0.05, 0.1) is 12.2 Å². The molecule has 3 atom stereocenters. The molecule has 1 aliphatic heterocycles. The van der Waals surface area contributed by atoms with Crippen molar-refractivity contribution in [2.75, 3.05) is 6.61 Å². The summed E-state index contributed by atoms with van der Waals surface area (Å²) in [5.41, 5.74) is 0. The summed E-state index contributed by atoms with van der Waals surface area (Å²) < 4.78 is 5.03. The Kier molecular flexibility index (Phi) is 2.05. The van der Waals surface area contributed by atoms with Crippen LogP contribution in [0.2, 0.25) is 0 Å². The van der Waals surface area contributed by atoms with Crippen molar-refractivity contribution in [2.24, 2.45) is 0 Å². The van der Waals surface area contributed by atoms with E-state index < -0.39 is 12.2 Å². The van der Waals surface area contributed by atoms with E-state index in [-0.39, 0.29) is 6.10 Å². The van der Waals surface area contributed by atoms with E-state index >= 15 is 0 Å². The first kappa shape index (κ1) is 6.99. The Hall–Kier alpha value is -0.120. The molecule has 0 aliphatic carbocycles. The quantitative estimate of drug-likeness (QED) is 0.506. The molecule has 0 aromatic rings. The average molecular weight is 132 g/mol. The predicted octanol–water partition coefficient (Wildman–Crippen LogP) is -0.483. The second kappa shape index (κ2) is 2.64. The van der Waals surface area contributed by atoms with Crippen molar-refractivity contribution in [3.63, 3.8) is 0 Å². The summed E-state index contributed by atoms with van der Waals surface area (Å²) in [4.78, 5) is 0. The Morgan fingerprint density at radius 2 is 2.33 bits per heavy atom. The topological polar surface area (TPSA) is 49.7 Å². The molecule has 0 aromatic carbocycles. The molecule has 1 fully saturated rings. The summed E-state index contributed by atoms with van der Waals surface area (Å²) in [6.07, 6.45) is -0.729. The van der Waals surface area contributed by atoms with Gasteiger partial charge in [-0.1, -0.05) is 0 Å². The highest BCUT2D eigenvalue weighted by Gasteiger charge is 2.29. The molecule has 54 valence electrons. The van der Waals surface area contributed by atoms with Crippen LogP contribution in [0, 0.1) is 0 Å². The van der Waals surface area contributed by atoms with E-state index in [9.17, 15) is 0 Å². The van der Waals surface area contributed by atoms with E-state index in [1.165, 1.54) is 0 Å². The van der Waals surface area contributed by atoms with Crippen LogP contribution in [0.5, 0.6) is 0 Å². The molecule has 3 nitrogen and oxygen atoms in total. The van der Waals surface area contributed by atoms with Gasteiger partial charge < -0.3 is 14.9 Å². The van der Waals surface area contributed by atoms with Crippen molar-refractivity contribution >= 4 is 0 Å². The molecule has 0 spiro atoms. The zero-order valence-corrected chi connectivity index (χ0v) is 5.45. The molecule has 1 heterocycles. The lowest BCUT2D eigenvalue weighted by atomic mass is 10.1. The van der Waals surface area contributed by atoms with Gasteiger partial charge in [0.15, 0.2) is 0 Å². The van der Waals surface area contributed by atoms with Crippen LogP contribution in [0.15, 0.2) is 0 Å². The lowest BCUT2D eigenvalue weighted by Gasteiger charge is -2.15. The van der Waals surface area contributed by atoms with E-state index in [1.807, 2.05) is 0 Å². The van der Waals surface area contributed by atoms with Crippen LogP contribution in [-0.4, -0.2) is 35.1 Å². The first-order valence-corrected chi connectivity index (χ1v) is 3.19. The summed E-state index contributed by atoms with van der Waals surface area (Å²) in [5.74, 6) is 0. The fraction of sp³-hybridized carbons (Fsp3) is 1.00. The second-order valence-corrected chi connectivity index (χ2v) is 2.43. The Labute approximate surface area is 54.3 Å². The second-order valence-electron chi connectivity index (χ2n) is 2.43. The fourth-order valence-electron chi connectivity index (χ4n) is 1.06. The standard InChI is InChI=1S/C6H12O3/c1-4(7)6-5(8)2-3-9-6/h4-8H,2-3H2,1H3/t4-,5+,6-/m1/s1. The number of hydrogen-bond donors (Lipinski definition) is 2. The Balaban J connectivity index is 2.40. The van der Waals surface area contributed by atoms with Gasteiger partial charge >= 0.3 is 0 Å². The van der Waals surface area contributed by atoms with E-state index in [4.69, 9.17) is 14.9 Å². The van der Waals surface area contributed by atoms with Gasteiger partial charge in [0.25, 0.3) is 0 Å². The van der Waals surface area contributed by atoms with E-state index in [0.29, 0.717) is 13.0 Å². The SMILES string of the molecule is C[C@@H](O)[C@H]1OCC[C@@H]1O. The number of aliphatic hydroxyl groups excluding tert-OH is 2. The van der Waals surface area contributed by atoms with Crippen molar-refractivity contribution in [1.29, 1.82) is 0 Å². The van der Waals surface area contributed by atoms with Gasteiger partial charge in [-0.05, 0) is 13.3 Å². The lowest BCUT2D eigenvalue weighted by molar-refractivity contribution is -0.0371. The van der Waals surface area contributed by atoms with Crippen LogP contribution in [0.4, 0.5) is 0 Å². The minimum atomic E-state index is -0.553. The molecule has 2 N–H and O–H groups in total. The van der Waals surface area contributed by atoms with Gasteiger partial charge in [-0.15, -0.1) is 0 Å². The number of rotatable bonds is 1. The van der Waals surface area contributed by atoms with Crippen LogP contribution in [0.25, 0.3) is 0 Å². The van der Waals surface area contributed by atoms with E-state index in [2.05, 4.69) is 0 Å². The molecule has 1 saturated heterocycles. The van der Waals surface area contributed by atoms with Crippen LogP contribution < -0.4 is 0 Å². The monoisotopic (exact) mass is 132 g/mol. The molecule has 9 heavy (non-hydrogen) atoms. The van der Waals surface area contributed by atoms with Crippen LogP contribution in [-0.2, 0) is 4.74 Å². The number of aliphatic hydroxyl groups is 2. The zero-order chi connectivity index (χ0) is 6.85. The molecule has 0 radical (unpaired) electrons. The summed E-state index contributed by atoms with van der Waals surface area (Å²) in [7, 11) is 0. The number of ether oxygens (including phenoxy) is 1. The summed E-state index contributed by atoms with van der Waals surface area (Å²) in [6, 6.07) is 0. The molecule has 0 unspecified atom stereocenters. The first-order chi connectivity index (χ1) is 4.22. The van der Waals surface area contributed by atoms with Crippen molar-refractivity contribution in [3.05, 3.63) is 0 Å². The predicted molar refractivity (Wildman–Crippen MR) is 32.0 cm³/mol. The third-order valence-corrected chi connectivity index (χ3v) is 1.58. The third-order valence-electron chi connectivity index (χ3n) is 1.58. The molecule has 1 rings (SSSR count). The molecule has 3 heteroatoms. The molecule has 1 aliphatic rings. The van der Waals surface area contributed by atoms with E-state index in [0.717, 1.165) is 0 Å². The summed E-state index contributed by atoms with van der Waals surface area (Å²) in [5, 5.41) is 18.0. The fourth-order valence-corrected chi connectivity index (χ4v) is 1.06. The van der Waals surface area contributed by atoms with Crippen LogP contribution in [0.1, 0.15) is 13.3 Å². The highest BCUT2D eigenvalue weighted by Crippen LogP contribution is 2.15. The minimum absolute atomic E-state index is 0.356. The van der Waals surface area contributed by atoms with E-state index in [1.54, 1.807) is 6.92 Å². The molecule has 0 bridgehead atoms. The van der Waals surface area contributed by atoms with Gasteiger partial charge in [0.1, 0.15) is 6.10 Å². The maximum Gasteiger partial charge on any atom is 0.109 e. The van der Waals surface area contributed by atoms with Gasteiger partial charge in [-0.25, -0.2) is 0 Å². The van der Waals surface area contributed by atoms with Crippen molar-refractivity contribution in [3.8, 4) is 0 Å². The Bertz CT molecular complexity index is 92.3. The normalized spacial score (nSPS) is 39.0. The minimum Gasteiger partial charge on any atom is -0.391 e. The average Bonchev–Trinajstić information content (AvgIpc) is 2.13. The first-order valence-electron chi connectivity index (χ1n) is 3.19. The highest BCUT2D eigenvalue weighted by molar-refractivity contribution is 4.78.